The minimum atomic E-state index is -0.107. The number of hydrogen-bond acceptors (Lipinski definition) is 3. The average Bonchev–Trinajstić information content (AvgIpc) is 3.35. The molecule has 0 spiro atoms. The number of aromatic nitrogens is 3. The fourth-order valence-corrected chi connectivity index (χ4v) is 3.06. The van der Waals surface area contributed by atoms with Crippen LogP contribution in [0.5, 0.6) is 0 Å². The van der Waals surface area contributed by atoms with Gasteiger partial charge in [0, 0.05) is 25.5 Å². The summed E-state index contributed by atoms with van der Waals surface area (Å²) in [6, 6.07) is 12.0. The zero-order chi connectivity index (χ0) is 19.2. The molecular formula is C21H27N5O. The third-order valence-corrected chi connectivity index (χ3v) is 4.72. The van der Waals surface area contributed by atoms with Crippen LogP contribution in [0.1, 0.15) is 29.8 Å². The smallest absolute Gasteiger partial charge is 0.256 e. The van der Waals surface area contributed by atoms with Gasteiger partial charge in [-0.3, -0.25) is 4.79 Å². The quantitative estimate of drug-likeness (QED) is 0.668. The van der Waals surface area contributed by atoms with Crippen LogP contribution in [-0.2, 0) is 0 Å². The van der Waals surface area contributed by atoms with Crippen molar-refractivity contribution >= 4 is 5.91 Å². The molecule has 3 aromatic rings. The van der Waals surface area contributed by atoms with E-state index >= 15 is 0 Å². The molecule has 3 rings (SSSR count). The van der Waals surface area contributed by atoms with E-state index in [-0.39, 0.29) is 5.91 Å². The lowest BCUT2D eigenvalue weighted by atomic mass is 10.2. The highest BCUT2D eigenvalue weighted by Gasteiger charge is 2.19. The zero-order valence-electron chi connectivity index (χ0n) is 16.2. The molecule has 1 amide bonds. The molecule has 27 heavy (non-hydrogen) atoms. The number of likely N-dealkylation sites (N-methyl/N-ethyl adjacent to an activating group) is 1. The van der Waals surface area contributed by atoms with E-state index < -0.39 is 0 Å². The van der Waals surface area contributed by atoms with Crippen molar-refractivity contribution in [1.29, 1.82) is 0 Å². The number of aryl methyl sites for hydroxylation is 1. The summed E-state index contributed by atoms with van der Waals surface area (Å²) >= 11 is 0. The standard InChI is InChI=1S/C21H27N5O/c1-4-24(5-2)15-12-22-20(27)19-16-23-26(18-10-8-17(3)9-11-18)21(19)25-13-6-7-14-25/h6-11,13-14,16H,4-5,12,15H2,1-3H3,(H,22,27). The molecule has 1 N–H and O–H groups in total. The van der Waals surface area contributed by atoms with Crippen LogP contribution in [0.25, 0.3) is 11.5 Å². The molecule has 0 aliphatic rings. The van der Waals surface area contributed by atoms with E-state index in [0.717, 1.165) is 31.1 Å². The first kappa shape index (κ1) is 18.9. The van der Waals surface area contributed by atoms with Crippen LogP contribution in [0.4, 0.5) is 0 Å². The topological polar surface area (TPSA) is 55.1 Å². The molecule has 2 aromatic heterocycles. The van der Waals surface area contributed by atoms with Gasteiger partial charge in [-0.15, -0.1) is 0 Å². The third-order valence-electron chi connectivity index (χ3n) is 4.72. The van der Waals surface area contributed by atoms with Crippen molar-refractivity contribution in [3.63, 3.8) is 0 Å². The van der Waals surface area contributed by atoms with Gasteiger partial charge < -0.3 is 14.8 Å². The summed E-state index contributed by atoms with van der Waals surface area (Å²) in [6.45, 7) is 9.71. The minimum Gasteiger partial charge on any atom is -0.351 e. The maximum absolute atomic E-state index is 12.8. The second-order valence-electron chi connectivity index (χ2n) is 6.50. The molecule has 0 saturated heterocycles. The summed E-state index contributed by atoms with van der Waals surface area (Å²) in [5.41, 5.74) is 2.67. The Labute approximate surface area is 160 Å². The van der Waals surface area contributed by atoms with E-state index in [1.165, 1.54) is 5.56 Å². The second-order valence-corrected chi connectivity index (χ2v) is 6.50. The van der Waals surface area contributed by atoms with E-state index in [0.29, 0.717) is 12.1 Å². The van der Waals surface area contributed by atoms with Crippen molar-refractivity contribution in [1.82, 2.24) is 24.6 Å². The van der Waals surface area contributed by atoms with Crippen molar-refractivity contribution in [3.05, 3.63) is 66.1 Å². The molecule has 6 heteroatoms. The van der Waals surface area contributed by atoms with Crippen LogP contribution in [0.15, 0.2) is 55.0 Å². The Kier molecular flexibility index (Phi) is 6.08. The van der Waals surface area contributed by atoms with Crippen molar-refractivity contribution in [3.8, 4) is 11.5 Å². The normalized spacial score (nSPS) is 11.1. The summed E-state index contributed by atoms with van der Waals surface area (Å²) < 4.78 is 3.73. The van der Waals surface area contributed by atoms with Crippen molar-refractivity contribution in [2.75, 3.05) is 26.2 Å². The van der Waals surface area contributed by atoms with Crippen LogP contribution in [0.3, 0.4) is 0 Å². The lowest BCUT2D eigenvalue weighted by Gasteiger charge is -2.18. The predicted octanol–water partition coefficient (Wildman–Crippen LogP) is 3.04. The van der Waals surface area contributed by atoms with Gasteiger partial charge in [-0.25, -0.2) is 4.68 Å². The van der Waals surface area contributed by atoms with E-state index in [4.69, 9.17) is 0 Å². The Hall–Kier alpha value is -2.86. The Morgan fingerprint density at radius 2 is 1.78 bits per heavy atom. The van der Waals surface area contributed by atoms with Gasteiger partial charge in [-0.05, 0) is 44.3 Å². The molecule has 2 heterocycles. The number of nitrogens with one attached hydrogen (secondary N) is 1. The van der Waals surface area contributed by atoms with Gasteiger partial charge in [-0.1, -0.05) is 31.5 Å². The number of carbonyl (C=O) groups excluding carboxylic acids is 1. The number of amides is 1. The van der Waals surface area contributed by atoms with Crippen molar-refractivity contribution in [2.45, 2.75) is 20.8 Å². The molecule has 0 radical (unpaired) electrons. The van der Waals surface area contributed by atoms with Gasteiger partial charge in [0.05, 0.1) is 11.9 Å². The summed E-state index contributed by atoms with van der Waals surface area (Å²) in [7, 11) is 0. The van der Waals surface area contributed by atoms with E-state index in [9.17, 15) is 4.79 Å². The Morgan fingerprint density at radius 1 is 1.11 bits per heavy atom. The molecule has 0 saturated carbocycles. The first-order valence-corrected chi connectivity index (χ1v) is 9.43. The van der Waals surface area contributed by atoms with Crippen molar-refractivity contribution < 1.29 is 4.79 Å². The fraction of sp³-hybridized carbons (Fsp3) is 0.333. The zero-order valence-corrected chi connectivity index (χ0v) is 16.2. The van der Waals surface area contributed by atoms with Crippen LogP contribution >= 0.6 is 0 Å². The number of nitrogens with zero attached hydrogens (tertiary/aromatic N) is 4. The van der Waals surface area contributed by atoms with Crippen LogP contribution in [-0.4, -0.2) is 51.3 Å². The largest absolute Gasteiger partial charge is 0.351 e. The number of hydrogen-bond donors (Lipinski definition) is 1. The summed E-state index contributed by atoms with van der Waals surface area (Å²) in [5.74, 6) is 0.633. The van der Waals surface area contributed by atoms with Crippen molar-refractivity contribution in [2.24, 2.45) is 0 Å². The second kappa shape index (κ2) is 8.68. The lowest BCUT2D eigenvalue weighted by Crippen LogP contribution is -2.35. The first-order chi connectivity index (χ1) is 13.1. The average molecular weight is 365 g/mol. The highest BCUT2D eigenvalue weighted by Crippen LogP contribution is 2.20. The Bertz CT molecular complexity index is 861. The molecule has 0 atom stereocenters. The van der Waals surface area contributed by atoms with E-state index in [1.54, 1.807) is 10.9 Å². The maximum Gasteiger partial charge on any atom is 0.256 e. The number of carbonyl (C=O) groups is 1. The highest BCUT2D eigenvalue weighted by atomic mass is 16.1. The molecule has 0 fully saturated rings. The van der Waals surface area contributed by atoms with Gasteiger partial charge >= 0.3 is 0 Å². The molecule has 0 aliphatic carbocycles. The summed E-state index contributed by atoms with van der Waals surface area (Å²) in [4.78, 5) is 15.1. The maximum atomic E-state index is 12.8. The van der Waals surface area contributed by atoms with Crippen LogP contribution < -0.4 is 5.32 Å². The van der Waals surface area contributed by atoms with Crippen LogP contribution in [0.2, 0.25) is 0 Å². The van der Waals surface area contributed by atoms with E-state index in [1.807, 2.05) is 53.4 Å². The van der Waals surface area contributed by atoms with Gasteiger partial charge in [0.1, 0.15) is 5.56 Å². The Balaban J connectivity index is 1.87. The number of benzene rings is 1. The molecule has 1 aromatic carbocycles. The molecule has 0 bridgehead atoms. The van der Waals surface area contributed by atoms with Crippen LogP contribution in [0, 0.1) is 6.92 Å². The molecule has 0 aliphatic heterocycles. The summed E-state index contributed by atoms with van der Waals surface area (Å²) in [6.07, 6.45) is 5.49. The fourth-order valence-electron chi connectivity index (χ4n) is 3.06. The van der Waals surface area contributed by atoms with Gasteiger partial charge in [0.25, 0.3) is 5.91 Å². The van der Waals surface area contributed by atoms with Gasteiger partial charge in [0.15, 0.2) is 5.82 Å². The van der Waals surface area contributed by atoms with E-state index in [2.05, 4.69) is 36.1 Å². The minimum absolute atomic E-state index is 0.107. The third kappa shape index (κ3) is 4.28. The van der Waals surface area contributed by atoms with Gasteiger partial charge in [0.2, 0.25) is 0 Å². The van der Waals surface area contributed by atoms with Gasteiger partial charge in [-0.2, -0.15) is 5.10 Å². The molecule has 142 valence electrons. The highest BCUT2D eigenvalue weighted by molar-refractivity contribution is 5.97. The SMILES string of the molecule is CCN(CC)CCNC(=O)c1cnn(-c2ccc(C)cc2)c1-n1cccc1. The lowest BCUT2D eigenvalue weighted by molar-refractivity contribution is 0.0949. The predicted molar refractivity (Wildman–Crippen MR) is 108 cm³/mol. The number of rotatable bonds is 8. The first-order valence-electron chi connectivity index (χ1n) is 9.43. The summed E-state index contributed by atoms with van der Waals surface area (Å²) in [5, 5.41) is 7.52. The molecule has 0 unspecified atom stereocenters. The molecular weight excluding hydrogens is 338 g/mol. The molecule has 6 nitrogen and oxygen atoms in total. The Morgan fingerprint density at radius 3 is 2.41 bits per heavy atom. The monoisotopic (exact) mass is 365 g/mol.